The number of benzene rings is 2. The standard InChI is InChI=1S/C15H12ClFO2/c1-19-15(18)13-4-2-3-12(14(13)9-17)10-5-7-11(16)8-6-10/h2-8H,9H2,1H3. The highest BCUT2D eigenvalue weighted by Crippen LogP contribution is 2.28. The van der Waals surface area contributed by atoms with E-state index in [1.165, 1.54) is 7.11 Å². The zero-order chi connectivity index (χ0) is 13.8. The topological polar surface area (TPSA) is 26.3 Å². The molecule has 0 amide bonds. The molecule has 4 heteroatoms. The van der Waals surface area contributed by atoms with Crippen LogP contribution < -0.4 is 0 Å². The van der Waals surface area contributed by atoms with Crippen LogP contribution in [0.15, 0.2) is 42.5 Å². The first-order valence-electron chi connectivity index (χ1n) is 5.69. The van der Waals surface area contributed by atoms with Gasteiger partial charge in [-0.1, -0.05) is 35.9 Å². The molecule has 2 aromatic carbocycles. The third kappa shape index (κ3) is 2.76. The third-order valence-corrected chi connectivity index (χ3v) is 3.12. The predicted octanol–water partition coefficient (Wildman–Crippen LogP) is 4.26. The van der Waals surface area contributed by atoms with Gasteiger partial charge in [-0.2, -0.15) is 0 Å². The lowest BCUT2D eigenvalue weighted by Crippen LogP contribution is -2.06. The molecule has 2 nitrogen and oxygen atoms in total. The molecule has 98 valence electrons. The number of halogens is 2. The van der Waals surface area contributed by atoms with Crippen molar-refractivity contribution in [2.24, 2.45) is 0 Å². The maximum atomic E-state index is 13.3. The maximum absolute atomic E-state index is 13.3. The molecule has 19 heavy (non-hydrogen) atoms. The van der Waals surface area contributed by atoms with E-state index in [1.807, 2.05) is 0 Å². The van der Waals surface area contributed by atoms with Gasteiger partial charge in [0.2, 0.25) is 0 Å². The molecule has 2 rings (SSSR count). The molecule has 0 radical (unpaired) electrons. The molecule has 0 bridgehead atoms. The van der Waals surface area contributed by atoms with Crippen LogP contribution in [0.4, 0.5) is 4.39 Å². The van der Waals surface area contributed by atoms with Gasteiger partial charge in [0.1, 0.15) is 6.67 Å². The Labute approximate surface area is 115 Å². The van der Waals surface area contributed by atoms with E-state index >= 15 is 0 Å². The first-order chi connectivity index (χ1) is 9.17. The predicted molar refractivity (Wildman–Crippen MR) is 73.0 cm³/mol. The van der Waals surface area contributed by atoms with Crippen LogP contribution in [0, 0.1) is 0 Å². The van der Waals surface area contributed by atoms with Crippen LogP contribution in [0.5, 0.6) is 0 Å². The molecule has 0 unspecified atom stereocenters. The monoisotopic (exact) mass is 278 g/mol. The summed E-state index contributed by atoms with van der Waals surface area (Å²) in [7, 11) is 1.28. The van der Waals surface area contributed by atoms with Crippen molar-refractivity contribution in [2.45, 2.75) is 6.67 Å². The average Bonchev–Trinajstić information content (AvgIpc) is 2.46. The fourth-order valence-electron chi connectivity index (χ4n) is 1.93. The molecule has 0 spiro atoms. The van der Waals surface area contributed by atoms with Crippen LogP contribution in [-0.2, 0) is 11.4 Å². The lowest BCUT2D eigenvalue weighted by molar-refractivity contribution is 0.0598. The Kier molecular flexibility index (Phi) is 4.17. The van der Waals surface area contributed by atoms with Gasteiger partial charge in [0, 0.05) is 10.6 Å². The second-order valence-corrected chi connectivity index (χ2v) is 4.40. The molecule has 0 aromatic heterocycles. The van der Waals surface area contributed by atoms with E-state index in [-0.39, 0.29) is 5.56 Å². The maximum Gasteiger partial charge on any atom is 0.338 e. The second kappa shape index (κ2) is 5.85. The summed E-state index contributed by atoms with van der Waals surface area (Å²) in [4.78, 5) is 11.6. The van der Waals surface area contributed by atoms with Gasteiger partial charge in [-0.15, -0.1) is 0 Å². The van der Waals surface area contributed by atoms with Gasteiger partial charge in [0.05, 0.1) is 12.7 Å². The minimum absolute atomic E-state index is 0.248. The van der Waals surface area contributed by atoms with E-state index < -0.39 is 12.6 Å². The van der Waals surface area contributed by atoms with Crippen molar-refractivity contribution in [1.29, 1.82) is 0 Å². The highest BCUT2D eigenvalue weighted by molar-refractivity contribution is 6.30. The summed E-state index contributed by atoms with van der Waals surface area (Å²) >= 11 is 5.83. The quantitative estimate of drug-likeness (QED) is 0.784. The average molecular weight is 279 g/mol. The van der Waals surface area contributed by atoms with Crippen molar-refractivity contribution in [3.8, 4) is 11.1 Å². The third-order valence-electron chi connectivity index (χ3n) is 2.87. The molecule has 2 aromatic rings. The number of methoxy groups -OCH3 is 1. The smallest absolute Gasteiger partial charge is 0.338 e. The molecule has 0 atom stereocenters. The SMILES string of the molecule is COC(=O)c1cccc(-c2ccc(Cl)cc2)c1CF. The van der Waals surface area contributed by atoms with E-state index in [1.54, 1.807) is 42.5 Å². The summed E-state index contributed by atoms with van der Waals surface area (Å²) in [6.45, 7) is -0.733. The van der Waals surface area contributed by atoms with Crippen molar-refractivity contribution in [3.63, 3.8) is 0 Å². The molecule has 0 saturated carbocycles. The molecular weight excluding hydrogens is 267 g/mol. The van der Waals surface area contributed by atoms with Crippen LogP contribution in [0.3, 0.4) is 0 Å². The summed E-state index contributed by atoms with van der Waals surface area (Å²) in [5.41, 5.74) is 2.05. The molecule has 0 heterocycles. The molecule has 0 aliphatic carbocycles. The van der Waals surface area contributed by atoms with E-state index in [4.69, 9.17) is 11.6 Å². The first kappa shape index (κ1) is 13.6. The molecule has 0 aliphatic rings. The lowest BCUT2D eigenvalue weighted by Gasteiger charge is -2.11. The van der Waals surface area contributed by atoms with Gasteiger partial charge in [-0.3, -0.25) is 0 Å². The lowest BCUT2D eigenvalue weighted by atomic mass is 9.96. The van der Waals surface area contributed by atoms with E-state index in [2.05, 4.69) is 4.74 Å². The number of hydrogen-bond acceptors (Lipinski definition) is 2. The fraction of sp³-hybridized carbons (Fsp3) is 0.133. The van der Waals surface area contributed by atoms with Gasteiger partial charge >= 0.3 is 5.97 Å². The zero-order valence-electron chi connectivity index (χ0n) is 10.3. The van der Waals surface area contributed by atoms with Crippen LogP contribution in [0.2, 0.25) is 5.02 Å². The van der Waals surface area contributed by atoms with E-state index in [0.29, 0.717) is 16.1 Å². The Balaban J connectivity index is 2.57. The summed E-state index contributed by atoms with van der Waals surface area (Å²) < 4.78 is 17.9. The van der Waals surface area contributed by atoms with Crippen molar-refractivity contribution in [3.05, 3.63) is 58.6 Å². The summed E-state index contributed by atoms with van der Waals surface area (Å²) in [5.74, 6) is -0.538. The minimum atomic E-state index is -0.733. The highest BCUT2D eigenvalue weighted by atomic mass is 35.5. The Morgan fingerprint density at radius 2 is 1.89 bits per heavy atom. The van der Waals surface area contributed by atoms with E-state index in [9.17, 15) is 9.18 Å². The summed E-state index contributed by atoms with van der Waals surface area (Å²) in [5, 5.41) is 0.606. The zero-order valence-corrected chi connectivity index (χ0v) is 11.1. The Bertz CT molecular complexity index is 594. The normalized spacial score (nSPS) is 10.3. The summed E-state index contributed by atoms with van der Waals surface area (Å²) in [6.07, 6.45) is 0. The van der Waals surface area contributed by atoms with Gasteiger partial charge < -0.3 is 4.74 Å². The number of alkyl halides is 1. The second-order valence-electron chi connectivity index (χ2n) is 3.96. The van der Waals surface area contributed by atoms with Crippen LogP contribution >= 0.6 is 11.6 Å². The first-order valence-corrected chi connectivity index (χ1v) is 6.07. The minimum Gasteiger partial charge on any atom is -0.465 e. The van der Waals surface area contributed by atoms with Crippen LogP contribution in [-0.4, -0.2) is 13.1 Å². The number of esters is 1. The Morgan fingerprint density at radius 3 is 2.47 bits per heavy atom. The van der Waals surface area contributed by atoms with Crippen molar-refractivity contribution in [1.82, 2.24) is 0 Å². The Hall–Kier alpha value is -1.87. The van der Waals surface area contributed by atoms with Crippen molar-refractivity contribution in [2.75, 3.05) is 7.11 Å². The van der Waals surface area contributed by atoms with Crippen LogP contribution in [0.1, 0.15) is 15.9 Å². The molecule has 0 N–H and O–H groups in total. The number of carbonyl (C=O) groups is 1. The summed E-state index contributed by atoms with van der Waals surface area (Å²) in [6, 6.07) is 12.1. The fourth-order valence-corrected chi connectivity index (χ4v) is 2.06. The largest absolute Gasteiger partial charge is 0.465 e. The molecule has 0 aliphatic heterocycles. The van der Waals surface area contributed by atoms with Gasteiger partial charge in [-0.25, -0.2) is 9.18 Å². The van der Waals surface area contributed by atoms with Gasteiger partial charge in [0.25, 0.3) is 0 Å². The van der Waals surface area contributed by atoms with E-state index in [0.717, 1.165) is 5.56 Å². The van der Waals surface area contributed by atoms with Gasteiger partial charge in [0.15, 0.2) is 0 Å². The Morgan fingerprint density at radius 1 is 1.21 bits per heavy atom. The molecular formula is C15H12ClFO2. The number of carbonyl (C=O) groups excluding carboxylic acids is 1. The number of hydrogen-bond donors (Lipinski definition) is 0. The highest BCUT2D eigenvalue weighted by Gasteiger charge is 2.15. The number of ether oxygens (including phenoxy) is 1. The number of rotatable bonds is 3. The van der Waals surface area contributed by atoms with Crippen molar-refractivity contribution >= 4 is 17.6 Å². The van der Waals surface area contributed by atoms with Gasteiger partial charge in [-0.05, 0) is 29.3 Å². The van der Waals surface area contributed by atoms with Crippen LogP contribution in [0.25, 0.3) is 11.1 Å². The molecule has 0 saturated heterocycles. The molecule has 0 fully saturated rings. The van der Waals surface area contributed by atoms with Crippen molar-refractivity contribution < 1.29 is 13.9 Å².